The van der Waals surface area contributed by atoms with Gasteiger partial charge >= 0.3 is 6.18 Å². The molecule has 1 N–H and O–H groups in total. The van der Waals surface area contributed by atoms with Crippen LogP contribution in [0.15, 0.2) is 42.5 Å². The Bertz CT molecular complexity index is 619. The monoisotopic (exact) mass is 302 g/mol. The highest BCUT2D eigenvalue weighted by molar-refractivity contribution is 5.27. The molecule has 0 aromatic heterocycles. The fourth-order valence-corrected chi connectivity index (χ4v) is 1.93. The first-order chi connectivity index (χ1) is 9.77. The number of rotatable bonds is 3. The molecule has 0 saturated carbocycles. The first-order valence-corrected chi connectivity index (χ1v) is 6.06. The van der Waals surface area contributed by atoms with Crippen molar-refractivity contribution in [3.8, 4) is 0 Å². The second kappa shape index (κ2) is 5.81. The number of benzene rings is 2. The number of alkyl halides is 3. The van der Waals surface area contributed by atoms with E-state index in [-0.39, 0.29) is 12.0 Å². The lowest BCUT2D eigenvalue weighted by atomic mass is 10.00. The number of hydrogen-bond acceptors (Lipinski definition) is 1. The second-order valence-corrected chi connectivity index (χ2v) is 4.58. The van der Waals surface area contributed by atoms with E-state index in [2.05, 4.69) is 0 Å². The van der Waals surface area contributed by atoms with Crippen LogP contribution in [0.2, 0.25) is 0 Å². The van der Waals surface area contributed by atoms with Crippen molar-refractivity contribution in [2.75, 3.05) is 0 Å². The summed E-state index contributed by atoms with van der Waals surface area (Å²) in [6, 6.07) is 6.83. The highest BCUT2D eigenvalue weighted by atomic mass is 19.4. The first kappa shape index (κ1) is 15.4. The third-order valence-electron chi connectivity index (χ3n) is 3.03. The van der Waals surface area contributed by atoms with Crippen molar-refractivity contribution in [1.82, 2.24) is 0 Å². The number of halogens is 5. The maximum Gasteiger partial charge on any atom is 0.416 e. The van der Waals surface area contributed by atoms with Gasteiger partial charge in [-0.1, -0.05) is 12.1 Å². The van der Waals surface area contributed by atoms with Crippen molar-refractivity contribution < 1.29 is 27.1 Å². The topological polar surface area (TPSA) is 20.2 Å². The molecule has 0 aliphatic carbocycles. The molecule has 2 rings (SSSR count). The van der Waals surface area contributed by atoms with Crippen LogP contribution in [-0.4, -0.2) is 5.11 Å². The summed E-state index contributed by atoms with van der Waals surface area (Å²) in [5, 5.41) is 9.88. The van der Waals surface area contributed by atoms with Crippen molar-refractivity contribution in [3.63, 3.8) is 0 Å². The van der Waals surface area contributed by atoms with Gasteiger partial charge in [-0.05, 0) is 35.9 Å². The van der Waals surface area contributed by atoms with Gasteiger partial charge in [0.25, 0.3) is 0 Å². The van der Waals surface area contributed by atoms with E-state index in [1.54, 1.807) is 0 Å². The lowest BCUT2D eigenvalue weighted by Gasteiger charge is -2.13. The summed E-state index contributed by atoms with van der Waals surface area (Å²) in [5.41, 5.74) is -0.647. The van der Waals surface area contributed by atoms with Crippen LogP contribution in [0, 0.1) is 11.6 Å². The molecule has 1 nitrogen and oxygen atoms in total. The largest absolute Gasteiger partial charge is 0.416 e. The Morgan fingerprint density at radius 2 is 1.57 bits per heavy atom. The van der Waals surface area contributed by atoms with Gasteiger partial charge in [0, 0.05) is 12.0 Å². The van der Waals surface area contributed by atoms with Gasteiger partial charge in [0.2, 0.25) is 0 Å². The van der Waals surface area contributed by atoms with Crippen molar-refractivity contribution in [2.24, 2.45) is 0 Å². The molecule has 1 atom stereocenters. The minimum absolute atomic E-state index is 0.113. The zero-order chi connectivity index (χ0) is 15.6. The van der Waals surface area contributed by atoms with E-state index < -0.39 is 29.5 Å². The molecule has 0 heterocycles. The van der Waals surface area contributed by atoms with Crippen LogP contribution in [0.25, 0.3) is 0 Å². The molecule has 0 aliphatic rings. The Kier molecular flexibility index (Phi) is 4.27. The van der Waals surface area contributed by atoms with Gasteiger partial charge in [-0.25, -0.2) is 8.78 Å². The third-order valence-corrected chi connectivity index (χ3v) is 3.03. The van der Waals surface area contributed by atoms with Crippen molar-refractivity contribution in [2.45, 2.75) is 18.7 Å². The molecule has 112 valence electrons. The molecule has 0 radical (unpaired) electrons. The molecule has 0 fully saturated rings. The van der Waals surface area contributed by atoms with E-state index >= 15 is 0 Å². The van der Waals surface area contributed by atoms with E-state index in [1.165, 1.54) is 12.1 Å². The van der Waals surface area contributed by atoms with Crippen LogP contribution >= 0.6 is 0 Å². The molecule has 0 saturated heterocycles. The molecule has 1 unspecified atom stereocenters. The Morgan fingerprint density at radius 3 is 2.14 bits per heavy atom. The van der Waals surface area contributed by atoms with E-state index in [4.69, 9.17) is 0 Å². The fourth-order valence-electron chi connectivity index (χ4n) is 1.93. The average Bonchev–Trinajstić information content (AvgIpc) is 2.41. The minimum atomic E-state index is -4.44. The summed E-state index contributed by atoms with van der Waals surface area (Å²) in [6.07, 6.45) is -5.89. The zero-order valence-corrected chi connectivity index (χ0v) is 10.7. The van der Waals surface area contributed by atoms with Gasteiger partial charge in [-0.2, -0.15) is 13.2 Å². The zero-order valence-electron chi connectivity index (χ0n) is 10.7. The standard InChI is InChI=1S/C15H11F5O/c16-11-5-6-13(17)12(8-11)14(21)7-9-1-3-10(4-2-9)15(18,19)20/h1-6,8,14,21H,7H2. The summed E-state index contributed by atoms with van der Waals surface area (Å²) in [6.45, 7) is 0. The molecule has 2 aromatic rings. The van der Waals surface area contributed by atoms with E-state index in [0.717, 1.165) is 30.3 Å². The Morgan fingerprint density at radius 1 is 0.952 bits per heavy atom. The minimum Gasteiger partial charge on any atom is -0.388 e. The van der Waals surface area contributed by atoms with Crippen LogP contribution in [-0.2, 0) is 12.6 Å². The predicted octanol–water partition coefficient (Wildman–Crippen LogP) is 4.26. The first-order valence-electron chi connectivity index (χ1n) is 6.06. The fraction of sp³-hybridized carbons (Fsp3) is 0.200. The maximum absolute atomic E-state index is 13.5. The number of aliphatic hydroxyl groups is 1. The molecular formula is C15H11F5O. The van der Waals surface area contributed by atoms with E-state index in [0.29, 0.717) is 5.56 Å². The summed E-state index contributed by atoms with van der Waals surface area (Å²) in [4.78, 5) is 0. The van der Waals surface area contributed by atoms with Crippen LogP contribution in [0.3, 0.4) is 0 Å². The molecule has 0 aliphatic heterocycles. The number of aliphatic hydroxyl groups excluding tert-OH is 1. The van der Waals surface area contributed by atoms with E-state index in [9.17, 15) is 27.1 Å². The predicted molar refractivity (Wildman–Crippen MR) is 66.5 cm³/mol. The highest BCUT2D eigenvalue weighted by Gasteiger charge is 2.30. The van der Waals surface area contributed by atoms with E-state index in [1.807, 2.05) is 0 Å². The Labute approximate surface area is 117 Å². The normalized spacial score (nSPS) is 13.2. The van der Waals surface area contributed by atoms with Crippen LogP contribution in [0.5, 0.6) is 0 Å². The highest BCUT2D eigenvalue weighted by Crippen LogP contribution is 2.30. The summed E-state index contributed by atoms with van der Waals surface area (Å²) in [7, 11) is 0. The van der Waals surface area contributed by atoms with Crippen LogP contribution in [0.1, 0.15) is 22.8 Å². The molecular weight excluding hydrogens is 291 g/mol. The lowest BCUT2D eigenvalue weighted by Crippen LogP contribution is -2.07. The molecule has 21 heavy (non-hydrogen) atoms. The molecule has 0 bridgehead atoms. The lowest BCUT2D eigenvalue weighted by molar-refractivity contribution is -0.137. The van der Waals surface area contributed by atoms with Crippen molar-refractivity contribution in [3.05, 3.63) is 70.8 Å². The van der Waals surface area contributed by atoms with Gasteiger partial charge in [0.1, 0.15) is 11.6 Å². The molecule has 0 spiro atoms. The Balaban J connectivity index is 2.16. The molecule has 2 aromatic carbocycles. The number of hydrogen-bond donors (Lipinski definition) is 1. The molecule has 6 heteroatoms. The van der Waals surface area contributed by atoms with Crippen LogP contribution < -0.4 is 0 Å². The summed E-state index contributed by atoms with van der Waals surface area (Å²) < 4.78 is 63.7. The smallest absolute Gasteiger partial charge is 0.388 e. The van der Waals surface area contributed by atoms with Gasteiger partial charge in [0.15, 0.2) is 0 Å². The average molecular weight is 302 g/mol. The van der Waals surface area contributed by atoms with Gasteiger partial charge in [-0.3, -0.25) is 0 Å². The quantitative estimate of drug-likeness (QED) is 0.840. The van der Waals surface area contributed by atoms with Crippen LogP contribution in [0.4, 0.5) is 22.0 Å². The van der Waals surface area contributed by atoms with Crippen molar-refractivity contribution in [1.29, 1.82) is 0 Å². The second-order valence-electron chi connectivity index (χ2n) is 4.58. The maximum atomic E-state index is 13.5. The summed E-state index contributed by atoms with van der Waals surface area (Å²) >= 11 is 0. The summed E-state index contributed by atoms with van der Waals surface area (Å²) in [5.74, 6) is -1.46. The SMILES string of the molecule is OC(Cc1ccc(C(F)(F)F)cc1)c1cc(F)ccc1F. The molecule has 0 amide bonds. The van der Waals surface area contributed by atoms with Crippen molar-refractivity contribution >= 4 is 0 Å². The third kappa shape index (κ3) is 3.78. The van der Waals surface area contributed by atoms with Gasteiger partial charge < -0.3 is 5.11 Å². The van der Waals surface area contributed by atoms with Gasteiger partial charge in [-0.15, -0.1) is 0 Å². The van der Waals surface area contributed by atoms with Gasteiger partial charge in [0.05, 0.1) is 11.7 Å². The Hall–Kier alpha value is -1.95.